The predicted octanol–water partition coefficient (Wildman–Crippen LogP) is 9.36. The van der Waals surface area contributed by atoms with Gasteiger partial charge < -0.3 is 14.2 Å². The molecule has 254 valence electrons. The molecule has 1 aliphatic rings. The zero-order chi connectivity index (χ0) is 35.4. The average molecular weight is 673 g/mol. The number of rotatable bonds is 10. The zero-order valence-corrected chi connectivity index (χ0v) is 29.2. The van der Waals surface area contributed by atoms with E-state index in [1.165, 1.54) is 0 Å². The van der Waals surface area contributed by atoms with E-state index in [9.17, 15) is 0 Å². The lowest BCUT2D eigenvalue weighted by Crippen LogP contribution is -2.48. The van der Waals surface area contributed by atoms with Crippen molar-refractivity contribution < 1.29 is 19.0 Å². The van der Waals surface area contributed by atoms with Gasteiger partial charge in [-0.15, -0.1) is 5.10 Å². The van der Waals surface area contributed by atoms with E-state index in [2.05, 4.69) is 24.3 Å². The monoisotopic (exact) mass is 672 g/mol. The molecule has 6 heteroatoms. The number of hydrogen-bond donors (Lipinski definition) is 0. The van der Waals surface area contributed by atoms with Crippen molar-refractivity contribution in [3.63, 3.8) is 0 Å². The summed E-state index contributed by atoms with van der Waals surface area (Å²) in [6, 6.07) is 51.8. The van der Waals surface area contributed by atoms with Crippen LogP contribution in [0.5, 0.6) is 11.5 Å². The summed E-state index contributed by atoms with van der Waals surface area (Å²) < 4.78 is 18.4. The molecule has 6 nitrogen and oxygen atoms in total. The van der Waals surface area contributed by atoms with Crippen molar-refractivity contribution in [3.8, 4) is 11.5 Å². The number of hydrogen-bond acceptors (Lipinski definition) is 5. The van der Waals surface area contributed by atoms with Crippen LogP contribution in [0.3, 0.4) is 0 Å². The Labute approximate surface area is 299 Å². The second kappa shape index (κ2) is 14.4. The van der Waals surface area contributed by atoms with E-state index in [0.29, 0.717) is 28.5 Å². The first-order chi connectivity index (χ1) is 24.9. The molecule has 0 radical (unpaired) electrons. The summed E-state index contributed by atoms with van der Waals surface area (Å²) in [4.78, 5) is 15.7. The van der Waals surface area contributed by atoms with Crippen LogP contribution in [0.15, 0.2) is 163 Å². The summed E-state index contributed by atoms with van der Waals surface area (Å²) in [5, 5.41) is 6.82. The summed E-state index contributed by atoms with van der Waals surface area (Å²) in [7, 11) is 3.27. The Balaban J connectivity index is 1.50. The normalized spacial score (nSPS) is 13.5. The Morgan fingerprint density at radius 2 is 0.980 bits per heavy atom. The summed E-state index contributed by atoms with van der Waals surface area (Å²) in [5.74, 6) is 0.454. The van der Waals surface area contributed by atoms with Crippen LogP contribution in [0.25, 0.3) is 0 Å². The molecule has 0 saturated carbocycles. The van der Waals surface area contributed by atoms with Crippen LogP contribution in [0.1, 0.15) is 56.3 Å². The van der Waals surface area contributed by atoms with Crippen molar-refractivity contribution in [1.82, 2.24) is 5.01 Å². The van der Waals surface area contributed by atoms with Crippen LogP contribution in [-0.4, -0.2) is 31.0 Å². The molecule has 0 fully saturated rings. The molecule has 6 aromatic carbocycles. The summed E-state index contributed by atoms with van der Waals surface area (Å²) >= 11 is 0. The molecule has 0 atom stereocenters. The lowest BCUT2D eigenvalue weighted by atomic mass is 9.87. The maximum atomic E-state index is 15.7. The van der Waals surface area contributed by atoms with E-state index in [4.69, 9.17) is 19.3 Å². The number of benzene rings is 6. The first-order valence-electron chi connectivity index (χ1n) is 17.0. The van der Waals surface area contributed by atoms with Gasteiger partial charge >= 0.3 is 0 Å². The smallest absolute Gasteiger partial charge is 0.259 e. The number of nitrogens with zero attached hydrogens (tertiary/aromatic N) is 2. The molecule has 6 aromatic rings. The predicted molar refractivity (Wildman–Crippen MR) is 201 cm³/mol. The summed E-state index contributed by atoms with van der Waals surface area (Å²) in [6.07, 6.45) is 0. The van der Waals surface area contributed by atoms with Gasteiger partial charge in [0.1, 0.15) is 11.5 Å². The van der Waals surface area contributed by atoms with Crippen molar-refractivity contribution in [3.05, 3.63) is 202 Å². The van der Waals surface area contributed by atoms with Crippen LogP contribution in [-0.2, 0) is 15.3 Å². The van der Waals surface area contributed by atoms with Crippen molar-refractivity contribution in [2.45, 2.75) is 31.4 Å². The number of aryl methyl sites for hydroxylation is 2. The van der Waals surface area contributed by atoms with Gasteiger partial charge in [-0.25, -0.2) is 0 Å². The highest BCUT2D eigenvalue weighted by atomic mass is 16.6. The van der Waals surface area contributed by atoms with Gasteiger partial charge in [0.2, 0.25) is 5.90 Å². The van der Waals surface area contributed by atoms with E-state index >= 15 is 4.79 Å². The van der Waals surface area contributed by atoms with Gasteiger partial charge in [0.25, 0.3) is 11.6 Å². The lowest BCUT2D eigenvalue weighted by Gasteiger charge is -2.37. The fraction of sp³-hybridized carbons (Fsp3) is 0.156. The van der Waals surface area contributed by atoms with Gasteiger partial charge in [-0.3, -0.25) is 4.79 Å². The molecule has 0 bridgehead atoms. The van der Waals surface area contributed by atoms with E-state index in [0.717, 1.165) is 33.4 Å². The number of methoxy groups -OCH3 is 2. The molecule has 1 aliphatic heterocycles. The quantitative estimate of drug-likeness (QED) is 0.146. The molecule has 7 rings (SSSR count). The van der Waals surface area contributed by atoms with Crippen molar-refractivity contribution in [2.24, 2.45) is 5.10 Å². The Kier molecular flexibility index (Phi) is 9.40. The Hall–Kier alpha value is -6.14. The molecule has 0 aromatic heterocycles. The van der Waals surface area contributed by atoms with Crippen molar-refractivity contribution >= 4 is 11.8 Å². The van der Waals surface area contributed by atoms with Crippen LogP contribution < -0.4 is 9.47 Å². The Morgan fingerprint density at radius 3 is 1.37 bits per heavy atom. The molecule has 0 unspecified atom stereocenters. The van der Waals surface area contributed by atoms with Crippen LogP contribution in [0, 0.1) is 13.8 Å². The largest absolute Gasteiger partial charge is 0.497 e. The second-order valence-corrected chi connectivity index (χ2v) is 12.8. The van der Waals surface area contributed by atoms with E-state index < -0.39 is 17.6 Å². The number of carbonyl (C=O) groups excluding carboxylic acids is 1. The van der Waals surface area contributed by atoms with Gasteiger partial charge in [-0.1, -0.05) is 120 Å². The lowest BCUT2D eigenvalue weighted by molar-refractivity contribution is -0.146. The third-order valence-electron chi connectivity index (χ3n) is 9.50. The Bertz CT molecular complexity index is 1980. The van der Waals surface area contributed by atoms with E-state index in [-0.39, 0.29) is 5.91 Å². The second-order valence-electron chi connectivity index (χ2n) is 12.8. The third kappa shape index (κ3) is 6.49. The maximum Gasteiger partial charge on any atom is 0.259 e. The molecule has 51 heavy (non-hydrogen) atoms. The molecule has 1 amide bonds. The maximum absolute atomic E-state index is 15.7. The molecule has 0 N–H and O–H groups in total. The zero-order valence-electron chi connectivity index (χ0n) is 29.2. The first-order valence-corrected chi connectivity index (χ1v) is 17.0. The number of ether oxygens (including phenoxy) is 3. The van der Waals surface area contributed by atoms with Crippen LogP contribution in [0.2, 0.25) is 0 Å². The van der Waals surface area contributed by atoms with Crippen LogP contribution >= 0.6 is 0 Å². The van der Waals surface area contributed by atoms with E-state index in [1.54, 1.807) is 19.2 Å². The minimum Gasteiger partial charge on any atom is -0.497 e. The summed E-state index contributed by atoms with van der Waals surface area (Å²) in [5.41, 5.74) is 5.86. The SMILES string of the molecule is COc1ccc(C2(c3ccc(OC)cc3)OC(C(c3ccccc3)c3ccccc3)=NN2C(=O)C(c2ccc(C)cc2)c2ccc(C)cc2)cc1. The van der Waals surface area contributed by atoms with Gasteiger partial charge in [-0.05, 0) is 84.6 Å². The molecule has 0 aliphatic carbocycles. The highest BCUT2D eigenvalue weighted by Crippen LogP contribution is 2.47. The van der Waals surface area contributed by atoms with Crippen molar-refractivity contribution in [1.29, 1.82) is 0 Å². The highest BCUT2D eigenvalue weighted by Gasteiger charge is 2.54. The minimum atomic E-state index is -1.49. The molecular weight excluding hydrogens is 633 g/mol. The average Bonchev–Trinajstić information content (AvgIpc) is 3.58. The van der Waals surface area contributed by atoms with Gasteiger partial charge in [-0.2, -0.15) is 5.01 Å². The third-order valence-corrected chi connectivity index (χ3v) is 9.50. The number of carbonyl (C=O) groups is 1. The number of hydrazone groups is 1. The molecule has 0 saturated heterocycles. The fourth-order valence-electron chi connectivity index (χ4n) is 6.75. The summed E-state index contributed by atoms with van der Waals surface area (Å²) in [6.45, 7) is 4.09. The first kappa shape index (κ1) is 33.4. The topological polar surface area (TPSA) is 60.4 Å². The van der Waals surface area contributed by atoms with E-state index in [1.807, 2.05) is 147 Å². The fourth-order valence-corrected chi connectivity index (χ4v) is 6.75. The highest BCUT2D eigenvalue weighted by molar-refractivity contribution is 5.95. The standard InChI is InChI=1S/C45H40N2O4/c1-31-15-19-35(20-16-31)42(36-21-17-32(2)18-22-36)44(48)47-45(37-23-27-39(49-3)28-24-37,38-25-29-40(50-4)30-26-38)51-43(46-47)41(33-11-7-5-8-12-33)34-13-9-6-10-14-34/h5-30,41-42H,1-4H3. The van der Waals surface area contributed by atoms with Crippen molar-refractivity contribution in [2.75, 3.05) is 14.2 Å². The van der Waals surface area contributed by atoms with Gasteiger partial charge in [0, 0.05) is 11.1 Å². The number of amides is 1. The van der Waals surface area contributed by atoms with Gasteiger partial charge in [0.05, 0.1) is 26.1 Å². The molecule has 0 spiro atoms. The molecular formula is C45H40N2O4. The Morgan fingerprint density at radius 1 is 0.569 bits per heavy atom. The molecule has 1 heterocycles. The van der Waals surface area contributed by atoms with Gasteiger partial charge in [0.15, 0.2) is 0 Å². The van der Waals surface area contributed by atoms with Crippen LogP contribution in [0.4, 0.5) is 0 Å². The minimum absolute atomic E-state index is 0.232.